The van der Waals surface area contributed by atoms with Crippen molar-refractivity contribution in [3.05, 3.63) is 29.3 Å². The molecule has 1 aromatic carbocycles. The Hall–Kier alpha value is -1.69. The Morgan fingerprint density at radius 1 is 1.29 bits per heavy atom. The van der Waals surface area contributed by atoms with Gasteiger partial charge in [-0.2, -0.15) is 0 Å². The number of carbonyl (C=O) groups excluding carboxylic acids is 1. The number of amides is 1. The van der Waals surface area contributed by atoms with Gasteiger partial charge >= 0.3 is 0 Å². The van der Waals surface area contributed by atoms with Gasteiger partial charge < -0.3 is 15.4 Å². The molecule has 0 radical (unpaired) electrons. The second-order valence-electron chi connectivity index (χ2n) is 5.24. The fraction of sp³-hybridized carbons (Fsp3) is 0.533. The summed E-state index contributed by atoms with van der Waals surface area (Å²) in [6, 6.07) is 2.37. The van der Waals surface area contributed by atoms with Crippen LogP contribution in [-0.2, 0) is 11.3 Å². The summed E-state index contributed by atoms with van der Waals surface area (Å²) in [5.41, 5.74) is 0.473. The SMILES string of the molecule is CNCc1cc(F)c(OCC(=O)NCCC(C)C)c(F)c1. The van der Waals surface area contributed by atoms with Gasteiger partial charge in [-0.1, -0.05) is 13.8 Å². The third-order valence-corrected chi connectivity index (χ3v) is 2.83. The summed E-state index contributed by atoms with van der Waals surface area (Å²) < 4.78 is 32.4. The minimum Gasteiger partial charge on any atom is -0.478 e. The molecule has 0 aromatic heterocycles. The van der Waals surface area contributed by atoms with Crippen molar-refractivity contribution in [3.63, 3.8) is 0 Å². The average molecular weight is 300 g/mol. The molecule has 6 heteroatoms. The van der Waals surface area contributed by atoms with Crippen molar-refractivity contribution in [2.75, 3.05) is 20.2 Å². The molecule has 0 saturated carbocycles. The molecule has 4 nitrogen and oxygen atoms in total. The van der Waals surface area contributed by atoms with Crippen LogP contribution in [0.25, 0.3) is 0 Å². The Bertz CT molecular complexity index is 456. The van der Waals surface area contributed by atoms with Gasteiger partial charge in [-0.15, -0.1) is 0 Å². The van der Waals surface area contributed by atoms with Gasteiger partial charge in [0.2, 0.25) is 0 Å². The van der Waals surface area contributed by atoms with Crippen LogP contribution in [0.3, 0.4) is 0 Å². The molecule has 1 aromatic rings. The van der Waals surface area contributed by atoms with Crippen molar-refractivity contribution in [1.82, 2.24) is 10.6 Å². The van der Waals surface area contributed by atoms with Crippen LogP contribution >= 0.6 is 0 Å². The first kappa shape index (κ1) is 17.4. The van der Waals surface area contributed by atoms with Crippen molar-refractivity contribution in [2.24, 2.45) is 5.92 Å². The largest absolute Gasteiger partial charge is 0.478 e. The van der Waals surface area contributed by atoms with Gasteiger partial charge in [0.05, 0.1) is 0 Å². The van der Waals surface area contributed by atoms with E-state index in [-0.39, 0.29) is 0 Å². The number of rotatable bonds is 8. The Kier molecular flexibility index (Phi) is 7.08. The van der Waals surface area contributed by atoms with E-state index in [4.69, 9.17) is 4.74 Å². The van der Waals surface area contributed by atoms with Crippen LogP contribution in [0.1, 0.15) is 25.8 Å². The molecule has 0 atom stereocenters. The highest BCUT2D eigenvalue weighted by Crippen LogP contribution is 2.23. The van der Waals surface area contributed by atoms with E-state index in [9.17, 15) is 13.6 Å². The lowest BCUT2D eigenvalue weighted by Gasteiger charge is -2.11. The van der Waals surface area contributed by atoms with E-state index >= 15 is 0 Å². The number of benzene rings is 1. The number of hydrogen-bond donors (Lipinski definition) is 2. The number of hydrogen-bond acceptors (Lipinski definition) is 3. The molecule has 0 spiro atoms. The molecule has 0 saturated heterocycles. The summed E-state index contributed by atoms with van der Waals surface area (Å²) in [5, 5.41) is 5.44. The van der Waals surface area contributed by atoms with Crippen LogP contribution in [-0.4, -0.2) is 26.1 Å². The van der Waals surface area contributed by atoms with Gasteiger partial charge in [0.15, 0.2) is 24.0 Å². The van der Waals surface area contributed by atoms with E-state index in [1.807, 2.05) is 13.8 Å². The van der Waals surface area contributed by atoms with E-state index in [1.54, 1.807) is 7.05 Å². The molecular weight excluding hydrogens is 278 g/mol. The maximum Gasteiger partial charge on any atom is 0.257 e. The smallest absolute Gasteiger partial charge is 0.257 e. The predicted octanol–water partition coefficient (Wildman–Crippen LogP) is 2.23. The van der Waals surface area contributed by atoms with Crippen LogP contribution in [0.4, 0.5) is 8.78 Å². The molecule has 0 bridgehead atoms. The zero-order valence-electron chi connectivity index (χ0n) is 12.6. The summed E-state index contributed by atoms with van der Waals surface area (Å²) in [7, 11) is 1.68. The second kappa shape index (κ2) is 8.56. The van der Waals surface area contributed by atoms with Crippen molar-refractivity contribution in [2.45, 2.75) is 26.8 Å². The van der Waals surface area contributed by atoms with Crippen LogP contribution < -0.4 is 15.4 Å². The van der Waals surface area contributed by atoms with Gasteiger partial charge in [-0.25, -0.2) is 8.78 Å². The molecule has 0 heterocycles. The van der Waals surface area contributed by atoms with Crippen LogP contribution in [0.15, 0.2) is 12.1 Å². The molecule has 0 aliphatic carbocycles. The molecule has 21 heavy (non-hydrogen) atoms. The minimum absolute atomic E-state index is 0.351. The molecule has 0 aliphatic heterocycles. The fourth-order valence-electron chi connectivity index (χ4n) is 1.75. The predicted molar refractivity (Wildman–Crippen MR) is 77.1 cm³/mol. The Balaban J connectivity index is 2.53. The van der Waals surface area contributed by atoms with Crippen LogP contribution in [0.2, 0.25) is 0 Å². The highest BCUT2D eigenvalue weighted by atomic mass is 19.1. The van der Waals surface area contributed by atoms with E-state index in [0.717, 1.165) is 6.42 Å². The molecule has 2 N–H and O–H groups in total. The highest BCUT2D eigenvalue weighted by molar-refractivity contribution is 5.77. The number of halogens is 2. The monoisotopic (exact) mass is 300 g/mol. The van der Waals surface area contributed by atoms with Crippen molar-refractivity contribution >= 4 is 5.91 Å². The van der Waals surface area contributed by atoms with Crippen LogP contribution in [0, 0.1) is 17.6 Å². The van der Waals surface area contributed by atoms with Crippen LogP contribution in [0.5, 0.6) is 5.75 Å². The average Bonchev–Trinajstić information content (AvgIpc) is 2.37. The Morgan fingerprint density at radius 3 is 2.43 bits per heavy atom. The lowest BCUT2D eigenvalue weighted by atomic mass is 10.1. The van der Waals surface area contributed by atoms with Crippen molar-refractivity contribution in [3.8, 4) is 5.75 Å². The summed E-state index contributed by atoms with van der Waals surface area (Å²) in [6.45, 7) is 4.55. The maximum atomic E-state index is 13.7. The first-order chi connectivity index (χ1) is 9.93. The number of carbonyl (C=O) groups is 1. The first-order valence-corrected chi connectivity index (χ1v) is 6.96. The zero-order chi connectivity index (χ0) is 15.8. The van der Waals surface area contributed by atoms with Gasteiger partial charge in [0.1, 0.15) is 0 Å². The molecule has 118 valence electrons. The van der Waals surface area contributed by atoms with Gasteiger partial charge in [0, 0.05) is 13.1 Å². The number of nitrogens with one attached hydrogen (secondary N) is 2. The second-order valence-corrected chi connectivity index (χ2v) is 5.24. The van der Waals surface area contributed by atoms with Gasteiger partial charge in [-0.05, 0) is 37.1 Å². The Labute approximate surface area is 123 Å². The summed E-state index contributed by atoms with van der Waals surface area (Å²) >= 11 is 0. The normalized spacial score (nSPS) is 10.8. The Morgan fingerprint density at radius 2 is 1.90 bits per heavy atom. The zero-order valence-corrected chi connectivity index (χ0v) is 12.6. The standard InChI is InChI=1S/C15H22F2N2O2/c1-10(2)4-5-19-14(20)9-21-15-12(16)6-11(8-18-3)7-13(15)17/h6-7,10,18H,4-5,8-9H2,1-3H3,(H,19,20). The molecular formula is C15H22F2N2O2. The quantitative estimate of drug-likeness (QED) is 0.774. The molecule has 1 rings (SSSR count). The fourth-order valence-corrected chi connectivity index (χ4v) is 1.75. The topological polar surface area (TPSA) is 50.4 Å². The van der Waals surface area contributed by atoms with Crippen molar-refractivity contribution in [1.29, 1.82) is 0 Å². The molecule has 0 aliphatic rings. The van der Waals surface area contributed by atoms with E-state index in [2.05, 4.69) is 10.6 Å². The first-order valence-electron chi connectivity index (χ1n) is 6.96. The maximum absolute atomic E-state index is 13.7. The summed E-state index contributed by atoms with van der Waals surface area (Å²) in [4.78, 5) is 11.5. The number of ether oxygens (including phenoxy) is 1. The highest BCUT2D eigenvalue weighted by Gasteiger charge is 2.14. The third kappa shape index (κ3) is 6.08. The van der Waals surface area contributed by atoms with Gasteiger partial charge in [0.25, 0.3) is 5.91 Å². The van der Waals surface area contributed by atoms with Gasteiger partial charge in [-0.3, -0.25) is 4.79 Å². The molecule has 0 fully saturated rings. The molecule has 1 amide bonds. The molecule has 0 unspecified atom stereocenters. The minimum atomic E-state index is -0.810. The van der Waals surface area contributed by atoms with E-state index < -0.39 is 29.9 Å². The van der Waals surface area contributed by atoms with E-state index in [1.165, 1.54) is 12.1 Å². The van der Waals surface area contributed by atoms with E-state index in [0.29, 0.717) is 24.6 Å². The third-order valence-electron chi connectivity index (χ3n) is 2.83. The lowest BCUT2D eigenvalue weighted by Crippen LogP contribution is -2.30. The lowest BCUT2D eigenvalue weighted by molar-refractivity contribution is -0.123. The summed E-state index contributed by atoms with van der Waals surface area (Å²) in [5.74, 6) is -2.06. The summed E-state index contributed by atoms with van der Waals surface area (Å²) in [6.07, 6.45) is 0.840. The van der Waals surface area contributed by atoms with Crippen molar-refractivity contribution < 1.29 is 18.3 Å².